The summed E-state index contributed by atoms with van der Waals surface area (Å²) in [5.74, 6) is 0.616. The first-order chi connectivity index (χ1) is 9.76. The van der Waals surface area contributed by atoms with Gasteiger partial charge in [-0.3, -0.25) is 10.0 Å². The van der Waals surface area contributed by atoms with Crippen LogP contribution in [0.4, 0.5) is 0 Å². The molecule has 0 heterocycles. The fourth-order valence-corrected chi connectivity index (χ4v) is 2.17. The van der Waals surface area contributed by atoms with Gasteiger partial charge in [0, 0.05) is 6.42 Å². The zero-order valence-corrected chi connectivity index (χ0v) is 12.2. The number of hydrogen-bond donors (Lipinski definition) is 2. The van der Waals surface area contributed by atoms with Crippen LogP contribution in [0, 0.1) is 0 Å². The van der Waals surface area contributed by atoms with Crippen LogP contribution in [0.3, 0.4) is 0 Å². The zero-order valence-electron chi connectivity index (χ0n) is 12.2. The summed E-state index contributed by atoms with van der Waals surface area (Å²) in [5, 5.41) is 8.34. The van der Waals surface area contributed by atoms with Crippen LogP contribution in [0.5, 0.6) is 5.75 Å². The van der Waals surface area contributed by atoms with E-state index in [0.717, 1.165) is 31.4 Å². The first-order valence-electron chi connectivity index (χ1n) is 7.32. The van der Waals surface area contributed by atoms with E-state index in [4.69, 9.17) is 9.94 Å². The summed E-state index contributed by atoms with van der Waals surface area (Å²) in [6, 6.07) is 8.24. The molecule has 0 bridgehead atoms. The predicted molar refractivity (Wildman–Crippen MR) is 78.9 cm³/mol. The monoisotopic (exact) mass is 279 g/mol. The molecular formula is C16H25NO3. The third-order valence-corrected chi connectivity index (χ3v) is 3.40. The van der Waals surface area contributed by atoms with E-state index in [1.165, 1.54) is 24.8 Å². The van der Waals surface area contributed by atoms with Crippen LogP contribution in [0.25, 0.3) is 0 Å². The molecule has 0 saturated heterocycles. The number of aryl methyl sites for hydroxylation is 1. The second-order valence-corrected chi connectivity index (χ2v) is 5.00. The minimum absolute atomic E-state index is 0.287. The van der Waals surface area contributed by atoms with Gasteiger partial charge in [0.15, 0.2) is 0 Å². The molecule has 0 aliphatic heterocycles. The van der Waals surface area contributed by atoms with Gasteiger partial charge < -0.3 is 4.74 Å². The molecule has 112 valence electrons. The van der Waals surface area contributed by atoms with E-state index in [1.54, 1.807) is 12.6 Å². The first kappa shape index (κ1) is 16.5. The van der Waals surface area contributed by atoms with Crippen LogP contribution in [0.2, 0.25) is 0 Å². The molecule has 4 heteroatoms. The lowest BCUT2D eigenvalue weighted by atomic mass is 10.0. The fraction of sp³-hybridized carbons (Fsp3) is 0.562. The van der Waals surface area contributed by atoms with Gasteiger partial charge in [-0.1, -0.05) is 37.8 Å². The summed E-state index contributed by atoms with van der Waals surface area (Å²) < 4.78 is 5.13. The topological polar surface area (TPSA) is 58.6 Å². The van der Waals surface area contributed by atoms with Crippen molar-refractivity contribution in [2.24, 2.45) is 0 Å². The van der Waals surface area contributed by atoms with Gasteiger partial charge in [0.05, 0.1) is 7.11 Å². The molecule has 0 unspecified atom stereocenters. The van der Waals surface area contributed by atoms with Gasteiger partial charge in [0.25, 0.3) is 0 Å². The lowest BCUT2D eigenvalue weighted by Gasteiger charge is -2.04. The van der Waals surface area contributed by atoms with Crippen molar-refractivity contribution in [3.63, 3.8) is 0 Å². The zero-order chi connectivity index (χ0) is 14.6. The average molecular weight is 279 g/mol. The van der Waals surface area contributed by atoms with Gasteiger partial charge >= 0.3 is 0 Å². The Labute approximate surface area is 121 Å². The molecule has 0 radical (unpaired) electrons. The van der Waals surface area contributed by atoms with Crippen LogP contribution in [0.1, 0.15) is 50.5 Å². The number of benzene rings is 1. The minimum atomic E-state index is -0.287. The second-order valence-electron chi connectivity index (χ2n) is 5.00. The maximum Gasteiger partial charge on any atom is 0.243 e. The maximum absolute atomic E-state index is 10.8. The Hall–Kier alpha value is -1.55. The Morgan fingerprint density at radius 3 is 2.25 bits per heavy atom. The van der Waals surface area contributed by atoms with Crippen molar-refractivity contribution in [1.82, 2.24) is 5.48 Å². The van der Waals surface area contributed by atoms with Crippen LogP contribution in [-0.2, 0) is 11.2 Å². The molecule has 20 heavy (non-hydrogen) atoms. The molecule has 1 aromatic carbocycles. The molecule has 0 aromatic heterocycles. The van der Waals surface area contributed by atoms with E-state index >= 15 is 0 Å². The number of carbonyl (C=O) groups excluding carboxylic acids is 1. The van der Waals surface area contributed by atoms with Gasteiger partial charge in [0.1, 0.15) is 5.75 Å². The molecule has 1 aromatic rings. The number of unbranched alkanes of at least 4 members (excludes halogenated alkanes) is 5. The minimum Gasteiger partial charge on any atom is -0.497 e. The highest BCUT2D eigenvalue weighted by atomic mass is 16.5. The molecule has 0 spiro atoms. The standard InChI is InChI=1S/C16H25NO3/c1-20-15-12-10-14(11-13-15)8-6-4-2-3-5-7-9-16(18)17-19/h10-13,19H,2-9H2,1H3,(H,17,18). The highest BCUT2D eigenvalue weighted by molar-refractivity contribution is 5.74. The summed E-state index contributed by atoms with van der Waals surface area (Å²) in [6.45, 7) is 0. The van der Waals surface area contributed by atoms with E-state index in [1.807, 2.05) is 12.1 Å². The average Bonchev–Trinajstić information content (AvgIpc) is 2.50. The SMILES string of the molecule is COc1ccc(CCCCCCCCC(=O)NO)cc1. The number of hydrogen-bond acceptors (Lipinski definition) is 3. The first-order valence-corrected chi connectivity index (χ1v) is 7.32. The fourth-order valence-electron chi connectivity index (χ4n) is 2.17. The Bertz CT molecular complexity index is 376. The van der Waals surface area contributed by atoms with Gasteiger partial charge in [-0.15, -0.1) is 0 Å². The van der Waals surface area contributed by atoms with Crippen LogP contribution in [-0.4, -0.2) is 18.2 Å². The van der Waals surface area contributed by atoms with Crippen molar-refractivity contribution in [2.45, 2.75) is 51.4 Å². The number of carbonyl (C=O) groups is 1. The summed E-state index contributed by atoms with van der Waals surface area (Å²) in [4.78, 5) is 10.8. The van der Waals surface area contributed by atoms with Gasteiger partial charge in [-0.25, -0.2) is 5.48 Å². The Kier molecular flexibility index (Phi) is 8.47. The number of amides is 1. The smallest absolute Gasteiger partial charge is 0.243 e. The molecule has 2 N–H and O–H groups in total. The number of hydroxylamine groups is 1. The van der Waals surface area contributed by atoms with E-state index in [0.29, 0.717) is 6.42 Å². The summed E-state index contributed by atoms with van der Waals surface area (Å²) in [5.41, 5.74) is 3.01. The van der Waals surface area contributed by atoms with E-state index < -0.39 is 0 Å². The molecule has 0 atom stereocenters. The molecular weight excluding hydrogens is 254 g/mol. The molecule has 0 fully saturated rings. The molecule has 0 saturated carbocycles. The van der Waals surface area contributed by atoms with E-state index in [9.17, 15) is 4.79 Å². The quantitative estimate of drug-likeness (QED) is 0.391. The van der Waals surface area contributed by atoms with Crippen molar-refractivity contribution in [2.75, 3.05) is 7.11 Å². The molecule has 0 aliphatic rings. The van der Waals surface area contributed by atoms with Crippen LogP contribution >= 0.6 is 0 Å². The van der Waals surface area contributed by atoms with E-state index in [2.05, 4.69) is 12.1 Å². The van der Waals surface area contributed by atoms with Crippen molar-refractivity contribution in [1.29, 1.82) is 0 Å². The lowest BCUT2D eigenvalue weighted by molar-refractivity contribution is -0.129. The van der Waals surface area contributed by atoms with Crippen molar-refractivity contribution >= 4 is 5.91 Å². The number of nitrogens with one attached hydrogen (secondary N) is 1. The predicted octanol–water partition coefficient (Wildman–Crippen LogP) is 3.47. The van der Waals surface area contributed by atoms with Gasteiger partial charge in [-0.05, 0) is 37.0 Å². The second kappa shape index (κ2) is 10.3. The summed E-state index contributed by atoms with van der Waals surface area (Å²) >= 11 is 0. The summed E-state index contributed by atoms with van der Waals surface area (Å²) in [6.07, 6.45) is 8.21. The number of rotatable bonds is 10. The van der Waals surface area contributed by atoms with Crippen molar-refractivity contribution in [3.05, 3.63) is 29.8 Å². The molecule has 4 nitrogen and oxygen atoms in total. The van der Waals surface area contributed by atoms with E-state index in [-0.39, 0.29) is 5.91 Å². The maximum atomic E-state index is 10.8. The molecule has 1 rings (SSSR count). The van der Waals surface area contributed by atoms with Crippen molar-refractivity contribution < 1.29 is 14.7 Å². The lowest BCUT2D eigenvalue weighted by Crippen LogP contribution is -2.17. The normalized spacial score (nSPS) is 10.3. The highest BCUT2D eigenvalue weighted by Crippen LogP contribution is 2.14. The Morgan fingerprint density at radius 2 is 1.65 bits per heavy atom. The van der Waals surface area contributed by atoms with Crippen LogP contribution < -0.4 is 10.2 Å². The van der Waals surface area contributed by atoms with Crippen molar-refractivity contribution in [3.8, 4) is 5.75 Å². The summed E-state index contributed by atoms with van der Waals surface area (Å²) in [7, 11) is 1.68. The van der Waals surface area contributed by atoms with Gasteiger partial charge in [-0.2, -0.15) is 0 Å². The third kappa shape index (κ3) is 7.14. The highest BCUT2D eigenvalue weighted by Gasteiger charge is 1.99. The third-order valence-electron chi connectivity index (χ3n) is 3.40. The number of methoxy groups -OCH3 is 1. The Morgan fingerprint density at radius 1 is 1.05 bits per heavy atom. The van der Waals surface area contributed by atoms with Gasteiger partial charge in [0.2, 0.25) is 5.91 Å². The van der Waals surface area contributed by atoms with Crippen LogP contribution in [0.15, 0.2) is 24.3 Å². The Balaban J connectivity index is 1.97. The largest absolute Gasteiger partial charge is 0.497 e. The number of ether oxygens (including phenoxy) is 1. The molecule has 0 aliphatic carbocycles. The molecule has 1 amide bonds.